The molecule has 0 N–H and O–H groups in total. The van der Waals surface area contributed by atoms with Crippen molar-refractivity contribution in [2.75, 3.05) is 6.61 Å². The van der Waals surface area contributed by atoms with Gasteiger partial charge in [0.25, 0.3) is 0 Å². The predicted octanol–water partition coefficient (Wildman–Crippen LogP) is 19.6. The van der Waals surface area contributed by atoms with Gasteiger partial charge in [-0.25, -0.2) is 0 Å². The number of rotatable bonds is 52. The molecule has 0 saturated carbocycles. The number of carbonyl (C=O) groups is 2. The van der Waals surface area contributed by atoms with Gasteiger partial charge < -0.3 is 9.47 Å². The van der Waals surface area contributed by atoms with E-state index in [-0.39, 0.29) is 18.0 Å². The summed E-state index contributed by atoms with van der Waals surface area (Å²) in [5.74, 6) is 0.0416. The fourth-order valence-corrected chi connectivity index (χ4v) is 8.89. The molecule has 0 aromatic carbocycles. The lowest BCUT2D eigenvalue weighted by Crippen LogP contribution is -2.14. The first-order valence-electron chi connectivity index (χ1n) is 27.9. The summed E-state index contributed by atoms with van der Waals surface area (Å²) in [7, 11) is 0. The van der Waals surface area contributed by atoms with Gasteiger partial charge in [0.2, 0.25) is 0 Å². The molecule has 0 saturated heterocycles. The molecule has 0 aliphatic heterocycles. The van der Waals surface area contributed by atoms with Gasteiger partial charge in [-0.3, -0.25) is 9.59 Å². The van der Waals surface area contributed by atoms with Gasteiger partial charge in [-0.05, 0) is 39.0 Å². The van der Waals surface area contributed by atoms with Crippen molar-refractivity contribution in [3.63, 3.8) is 0 Å². The van der Waals surface area contributed by atoms with Crippen molar-refractivity contribution >= 4 is 11.9 Å². The Bertz CT molecular complexity index is 826. The highest BCUT2D eigenvalue weighted by atomic mass is 16.5. The largest absolute Gasteiger partial charge is 0.466 e. The van der Waals surface area contributed by atoms with Crippen LogP contribution in [0.15, 0.2) is 0 Å². The molecule has 0 fully saturated rings. The Hall–Kier alpha value is -1.06. The lowest BCUT2D eigenvalue weighted by Gasteiger charge is -2.13. The van der Waals surface area contributed by atoms with E-state index in [1.807, 2.05) is 0 Å². The molecule has 0 aromatic rings. The quantitative estimate of drug-likeness (QED) is 0.0452. The van der Waals surface area contributed by atoms with Crippen LogP contribution in [-0.2, 0) is 19.1 Å². The van der Waals surface area contributed by atoms with E-state index in [4.69, 9.17) is 9.47 Å². The summed E-state index contributed by atoms with van der Waals surface area (Å²) in [6.07, 6.45) is 64.0. The van der Waals surface area contributed by atoms with Crippen molar-refractivity contribution in [3.05, 3.63) is 0 Å². The Balaban J connectivity index is 3.24. The number of hydrogen-bond acceptors (Lipinski definition) is 4. The van der Waals surface area contributed by atoms with E-state index in [0.717, 1.165) is 25.7 Å². The first-order chi connectivity index (χ1) is 29.6. The lowest BCUT2D eigenvalue weighted by molar-refractivity contribution is -0.148. The van der Waals surface area contributed by atoms with Gasteiger partial charge in [0.05, 0.1) is 12.7 Å². The molecular formula is C56H110O4. The minimum atomic E-state index is 0.0198. The molecule has 0 amide bonds. The maximum Gasteiger partial charge on any atom is 0.306 e. The molecule has 0 bridgehead atoms. The molecule has 358 valence electrons. The van der Waals surface area contributed by atoms with Crippen LogP contribution < -0.4 is 0 Å². The molecule has 0 aliphatic rings. The van der Waals surface area contributed by atoms with Crippen LogP contribution in [0.4, 0.5) is 0 Å². The zero-order chi connectivity index (χ0) is 43.5. The Morgan fingerprint density at radius 3 is 0.833 bits per heavy atom. The Kier molecular flexibility index (Phi) is 51.4. The summed E-state index contributed by atoms with van der Waals surface area (Å²) in [5.41, 5.74) is 0. The van der Waals surface area contributed by atoms with Gasteiger partial charge in [-0.1, -0.05) is 284 Å². The zero-order valence-electron chi connectivity index (χ0n) is 41.6. The molecule has 60 heavy (non-hydrogen) atoms. The summed E-state index contributed by atoms with van der Waals surface area (Å²) in [5, 5.41) is 0. The molecule has 0 aliphatic carbocycles. The number of unbranched alkanes of at least 4 members (excludes halogenated alkanes) is 43. The summed E-state index contributed by atoms with van der Waals surface area (Å²) >= 11 is 0. The lowest BCUT2D eigenvalue weighted by atomic mass is 10.0. The maximum absolute atomic E-state index is 12.2. The smallest absolute Gasteiger partial charge is 0.306 e. The number of ether oxygens (including phenoxy) is 2. The third-order valence-corrected chi connectivity index (χ3v) is 13.1. The summed E-state index contributed by atoms with van der Waals surface area (Å²) < 4.78 is 11.2. The van der Waals surface area contributed by atoms with Crippen LogP contribution in [0.2, 0.25) is 0 Å². The first kappa shape index (κ1) is 58.9. The van der Waals surface area contributed by atoms with Crippen LogP contribution in [0, 0.1) is 0 Å². The van der Waals surface area contributed by atoms with Crippen LogP contribution >= 0.6 is 0 Å². The van der Waals surface area contributed by atoms with Crippen LogP contribution in [0.3, 0.4) is 0 Å². The van der Waals surface area contributed by atoms with Gasteiger partial charge in [-0.15, -0.1) is 0 Å². The van der Waals surface area contributed by atoms with Gasteiger partial charge in [0.1, 0.15) is 0 Å². The summed E-state index contributed by atoms with van der Waals surface area (Å²) in [6.45, 7) is 7.27. The molecular weight excluding hydrogens is 737 g/mol. The molecule has 1 unspecified atom stereocenters. The molecule has 4 heteroatoms. The van der Waals surface area contributed by atoms with Crippen molar-refractivity contribution < 1.29 is 19.1 Å². The first-order valence-corrected chi connectivity index (χ1v) is 27.9. The Morgan fingerprint density at radius 1 is 0.300 bits per heavy atom. The van der Waals surface area contributed by atoms with Gasteiger partial charge in [-0.2, -0.15) is 0 Å². The highest BCUT2D eigenvalue weighted by Crippen LogP contribution is 2.18. The summed E-state index contributed by atoms with van der Waals surface area (Å²) in [4.78, 5) is 24.2. The fraction of sp³-hybridized carbons (Fsp3) is 0.964. The summed E-state index contributed by atoms with van der Waals surface area (Å²) in [6, 6.07) is 0. The van der Waals surface area contributed by atoms with E-state index >= 15 is 0 Å². The highest BCUT2D eigenvalue weighted by Gasteiger charge is 2.09. The third kappa shape index (κ3) is 51.3. The fourth-order valence-electron chi connectivity index (χ4n) is 8.89. The standard InChI is InChI=1S/C56H110O4/c1-4-6-8-10-12-14-16-26-31-35-39-43-47-51-55(57)59-53-49-45-41-37-33-29-25-23-21-19-18-20-22-24-28-30-34-38-42-46-50-54(3)60-56(58)52-48-44-40-36-32-27-17-15-13-11-9-7-5-2/h54H,4-53H2,1-3H3. The topological polar surface area (TPSA) is 52.6 Å². The number of hydrogen-bond donors (Lipinski definition) is 0. The van der Waals surface area contributed by atoms with Gasteiger partial charge in [0.15, 0.2) is 0 Å². The normalized spacial score (nSPS) is 12.0. The van der Waals surface area contributed by atoms with Crippen LogP contribution in [0.1, 0.15) is 335 Å². The van der Waals surface area contributed by atoms with Crippen molar-refractivity contribution in [1.29, 1.82) is 0 Å². The van der Waals surface area contributed by atoms with E-state index in [2.05, 4.69) is 20.8 Å². The second kappa shape index (κ2) is 52.3. The SMILES string of the molecule is CCCCCCCCCCCCCCCC(=O)OCCCCCCCCCCCCCCCCCCCCCCC(C)OC(=O)CCCCCCCCCCCCCCC. The molecule has 0 rings (SSSR count). The molecule has 0 spiro atoms. The molecule has 0 radical (unpaired) electrons. The van der Waals surface area contributed by atoms with Crippen LogP contribution in [-0.4, -0.2) is 24.6 Å². The molecule has 0 heterocycles. The Labute approximate surface area is 377 Å². The van der Waals surface area contributed by atoms with E-state index < -0.39 is 0 Å². The second-order valence-corrected chi connectivity index (χ2v) is 19.4. The minimum absolute atomic E-state index is 0.0198. The highest BCUT2D eigenvalue weighted by molar-refractivity contribution is 5.69. The number of esters is 2. The zero-order valence-corrected chi connectivity index (χ0v) is 41.6. The maximum atomic E-state index is 12.2. The van der Waals surface area contributed by atoms with E-state index in [0.29, 0.717) is 19.4 Å². The van der Waals surface area contributed by atoms with E-state index in [9.17, 15) is 9.59 Å². The van der Waals surface area contributed by atoms with Crippen LogP contribution in [0.25, 0.3) is 0 Å². The predicted molar refractivity (Wildman–Crippen MR) is 264 cm³/mol. The van der Waals surface area contributed by atoms with Crippen molar-refractivity contribution in [2.45, 2.75) is 341 Å². The minimum Gasteiger partial charge on any atom is -0.466 e. The second-order valence-electron chi connectivity index (χ2n) is 19.4. The monoisotopic (exact) mass is 847 g/mol. The number of carbonyl (C=O) groups excluding carboxylic acids is 2. The van der Waals surface area contributed by atoms with Gasteiger partial charge >= 0.3 is 11.9 Å². The van der Waals surface area contributed by atoms with Crippen molar-refractivity contribution in [1.82, 2.24) is 0 Å². The molecule has 4 nitrogen and oxygen atoms in total. The van der Waals surface area contributed by atoms with Gasteiger partial charge in [0, 0.05) is 12.8 Å². The van der Waals surface area contributed by atoms with E-state index in [1.165, 1.54) is 276 Å². The van der Waals surface area contributed by atoms with Crippen molar-refractivity contribution in [3.8, 4) is 0 Å². The average molecular weight is 847 g/mol. The molecule has 1 atom stereocenters. The Morgan fingerprint density at radius 2 is 0.533 bits per heavy atom. The van der Waals surface area contributed by atoms with Crippen LogP contribution in [0.5, 0.6) is 0 Å². The molecule has 0 aromatic heterocycles. The average Bonchev–Trinajstić information content (AvgIpc) is 3.24. The van der Waals surface area contributed by atoms with Crippen molar-refractivity contribution in [2.24, 2.45) is 0 Å². The van der Waals surface area contributed by atoms with E-state index in [1.54, 1.807) is 0 Å². The third-order valence-electron chi connectivity index (χ3n) is 13.1.